The van der Waals surface area contributed by atoms with Gasteiger partial charge in [-0.25, -0.2) is 8.42 Å². The van der Waals surface area contributed by atoms with E-state index in [2.05, 4.69) is 11.3 Å². The fourth-order valence-electron chi connectivity index (χ4n) is 1.06. The van der Waals surface area contributed by atoms with Crippen molar-refractivity contribution in [2.24, 2.45) is 0 Å². The Hall–Kier alpha value is 0.496. The first kappa shape index (κ1) is 20.8. The van der Waals surface area contributed by atoms with Crippen LogP contribution in [0.1, 0.15) is 32.6 Å². The molecule has 0 bridgehead atoms. The van der Waals surface area contributed by atoms with E-state index >= 15 is 0 Å². The standard InChI is InChI=1S/C11H18O5S.K/c1-3-5-6-7-11(12)16-9-8-10(4-2)17(13,14)15;/h4,8-10H,2-3,5-7H2,1H3,(H,13,14,15);/q;+1/p-1. The predicted octanol–water partition coefficient (Wildman–Crippen LogP) is -1.27. The van der Waals surface area contributed by atoms with Crippen molar-refractivity contribution in [1.29, 1.82) is 0 Å². The Labute approximate surface area is 151 Å². The van der Waals surface area contributed by atoms with Crippen LogP contribution in [0.25, 0.3) is 0 Å². The van der Waals surface area contributed by atoms with Crippen molar-refractivity contribution < 1.29 is 73.9 Å². The van der Waals surface area contributed by atoms with Crippen LogP contribution in [0.2, 0.25) is 0 Å². The molecule has 0 aliphatic carbocycles. The Morgan fingerprint density at radius 3 is 2.50 bits per heavy atom. The molecule has 1 unspecified atom stereocenters. The van der Waals surface area contributed by atoms with Crippen LogP contribution in [0, 0.1) is 0 Å². The molecule has 0 aromatic heterocycles. The van der Waals surface area contributed by atoms with Gasteiger partial charge >= 0.3 is 57.4 Å². The molecule has 1 atom stereocenters. The summed E-state index contributed by atoms with van der Waals surface area (Å²) in [5, 5.41) is -1.37. The molecule has 0 aliphatic heterocycles. The second kappa shape index (κ2) is 11.3. The van der Waals surface area contributed by atoms with E-state index in [1.807, 2.05) is 6.92 Å². The zero-order valence-corrected chi connectivity index (χ0v) is 14.7. The number of unbranched alkanes of at least 4 members (excludes halogenated alkanes) is 2. The van der Waals surface area contributed by atoms with Gasteiger partial charge in [0.1, 0.15) is 10.1 Å². The molecule has 0 aromatic carbocycles. The minimum Gasteiger partial charge on any atom is -0.747 e. The fourth-order valence-corrected chi connectivity index (χ4v) is 1.56. The van der Waals surface area contributed by atoms with Gasteiger partial charge in [-0.05, 0) is 12.5 Å². The van der Waals surface area contributed by atoms with Gasteiger partial charge in [0.05, 0.1) is 11.5 Å². The third-order valence-electron chi connectivity index (χ3n) is 2.02. The smallest absolute Gasteiger partial charge is 0.747 e. The molecule has 0 spiro atoms. The molecule has 5 nitrogen and oxygen atoms in total. The number of carbonyl (C=O) groups excluding carboxylic acids is 1. The summed E-state index contributed by atoms with van der Waals surface area (Å²) < 4.78 is 36.5. The summed E-state index contributed by atoms with van der Waals surface area (Å²) in [6.07, 6.45) is 5.83. The van der Waals surface area contributed by atoms with Crippen molar-refractivity contribution in [2.45, 2.75) is 37.9 Å². The minimum atomic E-state index is -4.48. The van der Waals surface area contributed by atoms with E-state index in [4.69, 9.17) is 0 Å². The van der Waals surface area contributed by atoms with E-state index in [1.54, 1.807) is 0 Å². The van der Waals surface area contributed by atoms with E-state index in [0.717, 1.165) is 37.7 Å². The molecule has 0 saturated carbocycles. The normalized spacial score (nSPS) is 12.8. The van der Waals surface area contributed by atoms with Gasteiger partial charge in [0, 0.05) is 6.42 Å². The summed E-state index contributed by atoms with van der Waals surface area (Å²) in [6.45, 7) is 5.23. The molecule has 7 heteroatoms. The van der Waals surface area contributed by atoms with Crippen LogP contribution in [0.5, 0.6) is 0 Å². The summed E-state index contributed by atoms with van der Waals surface area (Å²) in [5.74, 6) is -0.444. The molecule has 98 valence electrons. The third kappa shape index (κ3) is 10.4. The van der Waals surface area contributed by atoms with E-state index < -0.39 is 21.3 Å². The van der Waals surface area contributed by atoms with Crippen molar-refractivity contribution in [3.05, 3.63) is 25.0 Å². The van der Waals surface area contributed by atoms with Gasteiger partial charge < -0.3 is 9.29 Å². The maximum absolute atomic E-state index is 11.1. The quantitative estimate of drug-likeness (QED) is 0.139. The first-order chi connectivity index (χ1) is 7.91. The summed E-state index contributed by atoms with van der Waals surface area (Å²) in [5.41, 5.74) is 0. The van der Waals surface area contributed by atoms with Crippen molar-refractivity contribution in [2.75, 3.05) is 0 Å². The minimum absolute atomic E-state index is 0. The van der Waals surface area contributed by atoms with E-state index in [1.165, 1.54) is 0 Å². The zero-order valence-electron chi connectivity index (χ0n) is 10.8. The topological polar surface area (TPSA) is 83.5 Å². The first-order valence-electron chi connectivity index (χ1n) is 5.35. The molecule has 0 radical (unpaired) electrons. The van der Waals surface area contributed by atoms with Crippen LogP contribution < -0.4 is 51.4 Å². The van der Waals surface area contributed by atoms with Crippen molar-refractivity contribution in [3.63, 3.8) is 0 Å². The van der Waals surface area contributed by atoms with Crippen molar-refractivity contribution in [1.82, 2.24) is 0 Å². The SMILES string of the molecule is C=CC(C=COC(=O)CCCCC)S(=O)(=O)[O-].[K+]. The molecule has 0 amide bonds. The van der Waals surface area contributed by atoms with Gasteiger partial charge in [-0.15, -0.1) is 6.58 Å². The number of carbonyl (C=O) groups is 1. The third-order valence-corrected chi connectivity index (χ3v) is 3.03. The largest absolute Gasteiger partial charge is 1.00 e. The van der Waals surface area contributed by atoms with Gasteiger partial charge in [-0.2, -0.15) is 0 Å². The van der Waals surface area contributed by atoms with Crippen molar-refractivity contribution >= 4 is 16.1 Å². The molecule has 18 heavy (non-hydrogen) atoms. The monoisotopic (exact) mass is 300 g/mol. The van der Waals surface area contributed by atoms with Gasteiger partial charge in [-0.1, -0.05) is 25.8 Å². The second-order valence-corrected chi connectivity index (χ2v) is 5.00. The average Bonchev–Trinajstić information content (AvgIpc) is 2.23. The Bertz CT molecular complexity index is 375. The Morgan fingerprint density at radius 2 is 2.06 bits per heavy atom. The molecular formula is C11H17KO5S. The van der Waals surface area contributed by atoms with Crippen LogP contribution in [-0.2, 0) is 19.6 Å². The van der Waals surface area contributed by atoms with Crippen LogP contribution in [0.3, 0.4) is 0 Å². The first-order valence-corrected chi connectivity index (χ1v) is 6.82. The average molecular weight is 300 g/mol. The number of rotatable bonds is 8. The second-order valence-electron chi connectivity index (χ2n) is 3.47. The molecule has 0 aliphatic rings. The zero-order chi connectivity index (χ0) is 13.3. The Balaban J connectivity index is 0. The van der Waals surface area contributed by atoms with E-state index in [0.29, 0.717) is 0 Å². The van der Waals surface area contributed by atoms with Crippen LogP contribution in [-0.4, -0.2) is 24.2 Å². The van der Waals surface area contributed by atoms with Crippen LogP contribution in [0.15, 0.2) is 25.0 Å². The molecule has 0 saturated heterocycles. The molecule has 0 rings (SSSR count). The van der Waals surface area contributed by atoms with E-state index in [-0.39, 0.29) is 57.8 Å². The maximum atomic E-state index is 11.1. The summed E-state index contributed by atoms with van der Waals surface area (Å²) in [6, 6.07) is 0. The summed E-state index contributed by atoms with van der Waals surface area (Å²) in [4.78, 5) is 11.1. The van der Waals surface area contributed by atoms with Gasteiger partial charge in [0.25, 0.3) is 0 Å². The molecule has 0 heterocycles. The number of hydrogen-bond donors (Lipinski definition) is 0. The van der Waals surface area contributed by atoms with E-state index in [9.17, 15) is 17.8 Å². The van der Waals surface area contributed by atoms with Crippen LogP contribution >= 0.6 is 0 Å². The Kier molecular flexibility index (Phi) is 13.1. The number of ether oxygens (including phenoxy) is 1. The molecular weight excluding hydrogens is 283 g/mol. The fraction of sp³-hybridized carbons (Fsp3) is 0.545. The molecule has 0 N–H and O–H groups in total. The van der Waals surface area contributed by atoms with Crippen LogP contribution in [0.4, 0.5) is 0 Å². The molecule has 0 aromatic rings. The van der Waals surface area contributed by atoms with Gasteiger partial charge in [0.2, 0.25) is 0 Å². The molecule has 0 fully saturated rings. The predicted molar refractivity (Wildman–Crippen MR) is 63.1 cm³/mol. The number of hydrogen-bond acceptors (Lipinski definition) is 5. The number of esters is 1. The summed E-state index contributed by atoms with van der Waals surface area (Å²) >= 11 is 0. The summed E-state index contributed by atoms with van der Waals surface area (Å²) in [7, 11) is -4.48. The van der Waals surface area contributed by atoms with Gasteiger partial charge in [-0.3, -0.25) is 4.79 Å². The maximum Gasteiger partial charge on any atom is 1.00 e. The van der Waals surface area contributed by atoms with Gasteiger partial charge in [0.15, 0.2) is 0 Å². The Morgan fingerprint density at radius 1 is 1.44 bits per heavy atom. The van der Waals surface area contributed by atoms with Crippen molar-refractivity contribution in [3.8, 4) is 0 Å².